The highest BCUT2D eigenvalue weighted by Gasteiger charge is 2.34. The Hall–Kier alpha value is -3.23. The average Bonchev–Trinajstić information content (AvgIpc) is 2.76. The molecule has 1 aliphatic heterocycles. The van der Waals surface area contributed by atoms with Crippen molar-refractivity contribution >= 4 is 12.0 Å². The number of aromatic hydroxyl groups is 1. The van der Waals surface area contributed by atoms with Gasteiger partial charge in [-0.25, -0.2) is 4.79 Å². The van der Waals surface area contributed by atoms with E-state index >= 15 is 0 Å². The van der Waals surface area contributed by atoms with E-state index in [-0.39, 0.29) is 24.6 Å². The highest BCUT2D eigenvalue weighted by Crippen LogP contribution is 2.36. The number of phenolic OH excluding ortho intramolecular Hbond substituents is 1. The van der Waals surface area contributed by atoms with Crippen LogP contribution >= 0.6 is 0 Å². The van der Waals surface area contributed by atoms with Crippen LogP contribution < -0.4 is 5.32 Å². The Balaban J connectivity index is 1.44. The summed E-state index contributed by atoms with van der Waals surface area (Å²) in [6.45, 7) is 1.44. The molecule has 0 atom stereocenters. The van der Waals surface area contributed by atoms with Gasteiger partial charge in [0.1, 0.15) is 12.4 Å². The zero-order valence-corrected chi connectivity index (χ0v) is 16.7. The van der Waals surface area contributed by atoms with Gasteiger partial charge in [-0.15, -0.1) is 0 Å². The van der Waals surface area contributed by atoms with Gasteiger partial charge in [-0.05, 0) is 42.5 Å². The van der Waals surface area contributed by atoms with Crippen LogP contribution in [-0.4, -0.2) is 41.6 Å². The van der Waals surface area contributed by atoms with Crippen LogP contribution in [0.1, 0.15) is 34.3 Å². The molecule has 166 valence electrons. The summed E-state index contributed by atoms with van der Waals surface area (Å²) in [6.07, 6.45) is -3.86. The smallest absolute Gasteiger partial charge is 0.419 e. The lowest BCUT2D eigenvalue weighted by Crippen LogP contribution is -2.41. The number of hydrogen-bond acceptors (Lipinski definition) is 4. The monoisotopic (exact) mass is 436 g/mol. The lowest BCUT2D eigenvalue weighted by Gasteiger charge is -2.31. The van der Waals surface area contributed by atoms with Gasteiger partial charge in [0.25, 0.3) is 5.91 Å². The van der Waals surface area contributed by atoms with Crippen LogP contribution in [0.3, 0.4) is 0 Å². The van der Waals surface area contributed by atoms with Crippen molar-refractivity contribution in [3.8, 4) is 5.75 Å². The number of phenols is 1. The summed E-state index contributed by atoms with van der Waals surface area (Å²) in [5.41, 5.74) is -0.522. The number of halogens is 3. The van der Waals surface area contributed by atoms with Crippen molar-refractivity contribution in [1.82, 2.24) is 10.2 Å². The highest BCUT2D eigenvalue weighted by atomic mass is 19.4. The maximum atomic E-state index is 12.9. The molecule has 2 aromatic rings. The number of rotatable bonds is 5. The molecule has 1 heterocycles. The molecule has 2 amide bonds. The lowest BCUT2D eigenvalue weighted by molar-refractivity contribution is -0.138. The zero-order chi connectivity index (χ0) is 22.4. The topological polar surface area (TPSA) is 78.9 Å². The summed E-state index contributed by atoms with van der Waals surface area (Å²) >= 11 is 0. The van der Waals surface area contributed by atoms with Gasteiger partial charge in [-0.3, -0.25) is 4.79 Å². The quantitative estimate of drug-likeness (QED) is 0.737. The SMILES string of the molecule is O=C(NCC1CCN(C(=O)OCc2ccccc2)CC1)c1ccc(O)c(C(F)(F)F)c1. The number of benzene rings is 2. The summed E-state index contributed by atoms with van der Waals surface area (Å²) < 4.78 is 44.0. The number of piperidine rings is 1. The molecular weight excluding hydrogens is 413 g/mol. The fourth-order valence-electron chi connectivity index (χ4n) is 3.37. The van der Waals surface area contributed by atoms with Crippen molar-refractivity contribution < 1.29 is 32.6 Å². The van der Waals surface area contributed by atoms with E-state index in [4.69, 9.17) is 4.74 Å². The number of alkyl halides is 3. The molecular formula is C22H23F3N2O4. The normalized spacial score (nSPS) is 14.9. The Morgan fingerprint density at radius 2 is 1.77 bits per heavy atom. The van der Waals surface area contributed by atoms with Crippen LogP contribution in [0.15, 0.2) is 48.5 Å². The van der Waals surface area contributed by atoms with Crippen LogP contribution in [0.25, 0.3) is 0 Å². The Kier molecular flexibility index (Phi) is 7.04. The fourth-order valence-corrected chi connectivity index (χ4v) is 3.37. The molecule has 1 aliphatic rings. The largest absolute Gasteiger partial charge is 0.507 e. The van der Waals surface area contributed by atoms with E-state index in [0.29, 0.717) is 32.0 Å². The van der Waals surface area contributed by atoms with E-state index in [0.717, 1.165) is 17.7 Å². The van der Waals surface area contributed by atoms with E-state index in [1.807, 2.05) is 30.3 Å². The predicted molar refractivity (Wildman–Crippen MR) is 106 cm³/mol. The molecule has 6 nitrogen and oxygen atoms in total. The summed E-state index contributed by atoms with van der Waals surface area (Å²) in [7, 11) is 0. The molecule has 0 aliphatic carbocycles. The van der Waals surface area contributed by atoms with E-state index in [9.17, 15) is 27.9 Å². The molecule has 1 fully saturated rings. The Morgan fingerprint density at radius 3 is 2.42 bits per heavy atom. The van der Waals surface area contributed by atoms with Crippen LogP contribution in [0.4, 0.5) is 18.0 Å². The molecule has 1 saturated heterocycles. The molecule has 0 unspecified atom stereocenters. The minimum absolute atomic E-state index is 0.0984. The number of carbonyl (C=O) groups is 2. The highest BCUT2D eigenvalue weighted by molar-refractivity contribution is 5.94. The van der Waals surface area contributed by atoms with Gasteiger partial charge >= 0.3 is 12.3 Å². The molecule has 0 radical (unpaired) electrons. The third-order valence-electron chi connectivity index (χ3n) is 5.19. The summed E-state index contributed by atoms with van der Waals surface area (Å²) in [5, 5.41) is 12.0. The van der Waals surface area contributed by atoms with Crippen LogP contribution in [0.5, 0.6) is 5.75 Å². The Morgan fingerprint density at radius 1 is 1.10 bits per heavy atom. The molecule has 31 heavy (non-hydrogen) atoms. The molecule has 0 saturated carbocycles. The van der Waals surface area contributed by atoms with Crippen molar-refractivity contribution in [3.05, 3.63) is 65.2 Å². The van der Waals surface area contributed by atoms with Gasteiger partial charge in [-0.2, -0.15) is 13.2 Å². The van der Waals surface area contributed by atoms with Crippen LogP contribution in [-0.2, 0) is 17.5 Å². The van der Waals surface area contributed by atoms with E-state index in [1.165, 1.54) is 0 Å². The van der Waals surface area contributed by atoms with Gasteiger partial charge in [0, 0.05) is 25.2 Å². The Labute approximate surface area is 177 Å². The van der Waals surface area contributed by atoms with E-state index in [2.05, 4.69) is 5.32 Å². The van der Waals surface area contributed by atoms with Gasteiger partial charge in [0.05, 0.1) is 5.56 Å². The first-order valence-corrected chi connectivity index (χ1v) is 9.88. The number of nitrogens with zero attached hydrogens (tertiary/aromatic N) is 1. The molecule has 9 heteroatoms. The summed E-state index contributed by atoms with van der Waals surface area (Å²) in [6, 6.07) is 12.0. The van der Waals surface area contributed by atoms with Crippen molar-refractivity contribution in [1.29, 1.82) is 0 Å². The number of likely N-dealkylation sites (tertiary alicyclic amines) is 1. The maximum Gasteiger partial charge on any atom is 0.419 e. The lowest BCUT2D eigenvalue weighted by atomic mass is 9.97. The third-order valence-corrected chi connectivity index (χ3v) is 5.19. The van der Waals surface area contributed by atoms with E-state index in [1.54, 1.807) is 4.90 Å². The molecule has 3 rings (SSSR count). The Bertz CT molecular complexity index is 911. The molecule has 0 bridgehead atoms. The first kappa shape index (κ1) is 22.5. The van der Waals surface area contributed by atoms with E-state index < -0.39 is 29.5 Å². The van der Waals surface area contributed by atoms with Gasteiger partial charge in [0.15, 0.2) is 0 Å². The zero-order valence-electron chi connectivity index (χ0n) is 16.7. The maximum absolute atomic E-state index is 12.9. The van der Waals surface area contributed by atoms with Crippen molar-refractivity contribution in [2.45, 2.75) is 25.6 Å². The minimum atomic E-state index is -4.75. The van der Waals surface area contributed by atoms with Gasteiger partial charge in [-0.1, -0.05) is 30.3 Å². The number of nitrogens with one attached hydrogen (secondary N) is 1. The second-order valence-electron chi connectivity index (χ2n) is 7.41. The summed E-state index contributed by atoms with van der Waals surface area (Å²) in [4.78, 5) is 26.0. The fraction of sp³-hybridized carbons (Fsp3) is 0.364. The van der Waals surface area contributed by atoms with Crippen molar-refractivity contribution in [3.63, 3.8) is 0 Å². The molecule has 0 spiro atoms. The number of hydrogen-bond donors (Lipinski definition) is 2. The van der Waals surface area contributed by atoms with Crippen LogP contribution in [0.2, 0.25) is 0 Å². The number of carbonyl (C=O) groups excluding carboxylic acids is 2. The van der Waals surface area contributed by atoms with Crippen molar-refractivity contribution in [2.24, 2.45) is 5.92 Å². The second kappa shape index (κ2) is 9.72. The summed E-state index contributed by atoms with van der Waals surface area (Å²) in [5.74, 6) is -1.47. The standard InChI is InChI=1S/C22H23F3N2O4/c23-22(24,25)18-12-17(6-7-19(18)28)20(29)26-13-15-8-10-27(11-9-15)21(30)31-14-16-4-2-1-3-5-16/h1-7,12,15,28H,8-11,13-14H2,(H,26,29). The molecule has 0 aromatic heterocycles. The molecule has 2 aromatic carbocycles. The van der Waals surface area contributed by atoms with Crippen molar-refractivity contribution in [2.75, 3.05) is 19.6 Å². The molecule has 2 N–H and O–H groups in total. The first-order chi connectivity index (χ1) is 14.7. The second-order valence-corrected chi connectivity index (χ2v) is 7.41. The number of amides is 2. The average molecular weight is 436 g/mol. The van der Waals surface area contributed by atoms with Crippen LogP contribution in [0, 0.1) is 5.92 Å². The third kappa shape index (κ3) is 6.13. The minimum Gasteiger partial charge on any atom is -0.507 e. The predicted octanol–water partition coefficient (Wildman–Crippen LogP) is 4.19. The first-order valence-electron chi connectivity index (χ1n) is 9.88. The number of ether oxygens (including phenoxy) is 1. The van der Waals surface area contributed by atoms with Gasteiger partial charge in [0.2, 0.25) is 0 Å². The van der Waals surface area contributed by atoms with Gasteiger partial charge < -0.3 is 20.1 Å².